The molecule has 0 fully saturated rings. The van der Waals surface area contributed by atoms with Gasteiger partial charge in [0.15, 0.2) is 0 Å². The predicted octanol–water partition coefficient (Wildman–Crippen LogP) is 7.74. The second-order valence-electron chi connectivity index (χ2n) is 13.3. The number of carbonyl (C=O) groups is 6. The number of aryl methyl sites for hydroxylation is 1. The molecule has 0 atom stereocenters. The van der Waals surface area contributed by atoms with Gasteiger partial charge in [0.05, 0.1) is 57.8 Å². The van der Waals surface area contributed by atoms with Crippen molar-refractivity contribution in [2.45, 2.75) is 20.3 Å². The summed E-state index contributed by atoms with van der Waals surface area (Å²) in [7, 11) is 0. The minimum Gasteiger partial charge on any atom is -0.460 e. The number of hydrogen-bond donors (Lipinski definition) is 0. The summed E-state index contributed by atoms with van der Waals surface area (Å²) < 4.78 is 24.5. The quantitative estimate of drug-likeness (QED) is 0.0625. The van der Waals surface area contributed by atoms with Crippen LogP contribution in [-0.2, 0) is 15.9 Å². The van der Waals surface area contributed by atoms with Crippen LogP contribution >= 0.6 is 0 Å². The van der Waals surface area contributed by atoms with E-state index in [1.165, 1.54) is 60.7 Å². The molecule has 0 saturated carbocycles. The molecular weight excluding hydrogens is 746 g/mol. The van der Waals surface area contributed by atoms with Crippen molar-refractivity contribution in [2.75, 3.05) is 42.6 Å². The minimum atomic E-state index is -0.714. The predicted molar refractivity (Wildman–Crippen MR) is 211 cm³/mol. The van der Waals surface area contributed by atoms with Crippen LogP contribution in [0.15, 0.2) is 119 Å². The zero-order valence-electron chi connectivity index (χ0n) is 31.5. The monoisotopic (exact) mass is 781 g/mol. The van der Waals surface area contributed by atoms with Crippen molar-refractivity contribution in [1.82, 2.24) is 4.90 Å². The molecule has 0 saturated heterocycles. The standard InChI is InChI=1S/C44H36FN5O8/c1-3-27-10-19-37(47-46-31-15-13-30(45)14-16-31)38(24-27)50-41(53)34-18-12-29(26-36(34)42(50)54)44(56)58-23-21-48(32-8-6-5-7-9-32)20-22-57-43(55)28-11-17-33-35(25-28)40(52)49(4-2)39(33)51/h5-19,24-26H,3-4,20-23H2,1-2H3. The van der Waals surface area contributed by atoms with Crippen LogP contribution in [0.3, 0.4) is 0 Å². The van der Waals surface area contributed by atoms with E-state index in [0.717, 1.165) is 21.1 Å². The van der Waals surface area contributed by atoms with Gasteiger partial charge in [-0.15, -0.1) is 5.11 Å². The average Bonchev–Trinajstić information content (AvgIpc) is 3.65. The molecule has 13 nitrogen and oxygen atoms in total. The highest BCUT2D eigenvalue weighted by Crippen LogP contribution is 2.37. The Morgan fingerprint density at radius 2 is 1.21 bits per heavy atom. The lowest BCUT2D eigenvalue weighted by Gasteiger charge is -2.24. The third-order valence-corrected chi connectivity index (χ3v) is 9.74. The molecule has 0 bridgehead atoms. The fourth-order valence-corrected chi connectivity index (χ4v) is 6.64. The number of imide groups is 2. The summed E-state index contributed by atoms with van der Waals surface area (Å²) in [5, 5.41) is 8.43. The van der Waals surface area contributed by atoms with Crippen molar-refractivity contribution >= 4 is 58.3 Å². The number of ether oxygens (including phenoxy) is 2. The number of azo groups is 1. The number of carbonyl (C=O) groups excluding carboxylic acids is 6. The second-order valence-corrected chi connectivity index (χ2v) is 13.3. The third-order valence-electron chi connectivity index (χ3n) is 9.74. The number of hydrogen-bond acceptors (Lipinski definition) is 11. The highest BCUT2D eigenvalue weighted by atomic mass is 19.1. The Labute approximate surface area is 332 Å². The number of anilines is 2. The smallest absolute Gasteiger partial charge is 0.338 e. The van der Waals surface area contributed by atoms with Gasteiger partial charge in [-0.1, -0.05) is 31.2 Å². The maximum atomic E-state index is 13.8. The molecule has 5 aromatic carbocycles. The molecule has 4 amide bonds. The van der Waals surface area contributed by atoms with E-state index in [1.807, 2.05) is 48.2 Å². The fourth-order valence-electron chi connectivity index (χ4n) is 6.64. The fraction of sp³-hybridized carbons (Fsp3) is 0.182. The maximum Gasteiger partial charge on any atom is 0.338 e. The Kier molecular flexibility index (Phi) is 11.3. The number of fused-ring (bicyclic) bond motifs is 2. The second kappa shape index (κ2) is 16.8. The van der Waals surface area contributed by atoms with Crippen molar-refractivity contribution in [2.24, 2.45) is 10.2 Å². The number of halogens is 1. The lowest BCUT2D eigenvalue weighted by molar-refractivity contribution is 0.0502. The molecule has 0 aliphatic carbocycles. The first-order valence-corrected chi connectivity index (χ1v) is 18.6. The van der Waals surface area contributed by atoms with Gasteiger partial charge in [0.1, 0.15) is 24.7 Å². The molecule has 2 aliphatic heterocycles. The van der Waals surface area contributed by atoms with Gasteiger partial charge in [-0.25, -0.2) is 18.9 Å². The summed E-state index contributed by atoms with van der Waals surface area (Å²) in [5.74, 6) is -3.90. The zero-order chi connectivity index (χ0) is 40.9. The summed E-state index contributed by atoms with van der Waals surface area (Å²) in [4.78, 5) is 82.7. The van der Waals surface area contributed by atoms with Gasteiger partial charge in [-0.05, 0) is 104 Å². The molecular formula is C44H36FN5O8. The van der Waals surface area contributed by atoms with Crippen LogP contribution in [0.2, 0.25) is 0 Å². The minimum absolute atomic E-state index is 0.0255. The van der Waals surface area contributed by atoms with E-state index in [2.05, 4.69) is 10.2 Å². The van der Waals surface area contributed by atoms with E-state index >= 15 is 0 Å². The van der Waals surface area contributed by atoms with Crippen LogP contribution in [0.4, 0.5) is 27.1 Å². The van der Waals surface area contributed by atoms with Gasteiger partial charge in [0.25, 0.3) is 23.6 Å². The summed E-state index contributed by atoms with van der Waals surface area (Å²) in [5.41, 5.74) is 3.20. The normalized spacial score (nSPS) is 13.3. The van der Waals surface area contributed by atoms with Gasteiger partial charge in [-0.2, -0.15) is 5.11 Å². The Morgan fingerprint density at radius 3 is 1.81 bits per heavy atom. The SMILES string of the molecule is CCc1ccc(N=Nc2ccc(F)cc2)c(N2C(=O)c3ccc(C(=O)OCCN(CCOC(=O)c4ccc5c(c4)C(=O)N(CC)C5=O)c4ccccc4)cc3C2=O)c1. The van der Waals surface area contributed by atoms with Crippen molar-refractivity contribution in [1.29, 1.82) is 0 Å². The molecule has 0 spiro atoms. The van der Waals surface area contributed by atoms with Gasteiger partial charge in [0, 0.05) is 12.2 Å². The van der Waals surface area contributed by atoms with Crippen molar-refractivity contribution in [3.63, 3.8) is 0 Å². The number of rotatable bonds is 14. The number of esters is 2. The third kappa shape index (κ3) is 7.85. The first kappa shape index (κ1) is 38.9. The molecule has 58 heavy (non-hydrogen) atoms. The molecule has 5 aromatic rings. The summed E-state index contributed by atoms with van der Waals surface area (Å²) >= 11 is 0. The Bertz CT molecular complexity index is 2490. The molecule has 0 radical (unpaired) electrons. The lowest BCUT2D eigenvalue weighted by atomic mass is 10.1. The van der Waals surface area contributed by atoms with Gasteiger partial charge < -0.3 is 14.4 Å². The number of amides is 4. The first-order chi connectivity index (χ1) is 28.1. The first-order valence-electron chi connectivity index (χ1n) is 18.6. The molecule has 0 aromatic heterocycles. The lowest BCUT2D eigenvalue weighted by Crippen LogP contribution is -2.32. The molecule has 0 N–H and O–H groups in total. The molecule has 7 rings (SSSR count). The van der Waals surface area contributed by atoms with Crippen LogP contribution in [0, 0.1) is 5.82 Å². The van der Waals surface area contributed by atoms with E-state index in [4.69, 9.17) is 9.47 Å². The average molecular weight is 782 g/mol. The molecule has 14 heteroatoms. The van der Waals surface area contributed by atoms with Crippen molar-refractivity contribution in [3.05, 3.63) is 154 Å². The van der Waals surface area contributed by atoms with E-state index in [-0.39, 0.29) is 77.6 Å². The molecule has 0 unspecified atom stereocenters. The Balaban J connectivity index is 0.998. The maximum absolute atomic E-state index is 13.8. The highest BCUT2D eigenvalue weighted by molar-refractivity contribution is 6.35. The molecule has 2 aliphatic rings. The summed E-state index contributed by atoms with van der Waals surface area (Å²) in [6.45, 7) is 4.18. The van der Waals surface area contributed by atoms with Gasteiger partial charge in [0.2, 0.25) is 0 Å². The topological polar surface area (TPSA) is 155 Å². The van der Waals surface area contributed by atoms with Crippen LogP contribution < -0.4 is 9.80 Å². The molecule has 292 valence electrons. The largest absolute Gasteiger partial charge is 0.460 e. The van der Waals surface area contributed by atoms with Gasteiger partial charge in [-0.3, -0.25) is 24.1 Å². The van der Waals surface area contributed by atoms with Crippen LogP contribution in [-0.4, -0.2) is 73.3 Å². The molecule has 2 heterocycles. The Morgan fingerprint density at radius 1 is 0.638 bits per heavy atom. The van der Waals surface area contributed by atoms with Gasteiger partial charge >= 0.3 is 11.9 Å². The Hall–Kier alpha value is -7.35. The summed E-state index contributed by atoms with van der Waals surface area (Å²) in [6, 6.07) is 28.2. The van der Waals surface area contributed by atoms with Crippen molar-refractivity contribution in [3.8, 4) is 0 Å². The zero-order valence-corrected chi connectivity index (χ0v) is 31.5. The summed E-state index contributed by atoms with van der Waals surface area (Å²) in [6.07, 6.45) is 0.620. The van der Waals surface area contributed by atoms with Crippen LogP contribution in [0.25, 0.3) is 0 Å². The van der Waals surface area contributed by atoms with Crippen LogP contribution in [0.5, 0.6) is 0 Å². The number of benzene rings is 5. The number of nitrogens with zero attached hydrogens (tertiary/aromatic N) is 5. The van der Waals surface area contributed by atoms with E-state index in [9.17, 15) is 33.2 Å². The van der Waals surface area contributed by atoms with E-state index < -0.39 is 41.4 Å². The highest BCUT2D eigenvalue weighted by Gasteiger charge is 2.39. The van der Waals surface area contributed by atoms with Crippen molar-refractivity contribution < 1.29 is 42.6 Å². The van der Waals surface area contributed by atoms with E-state index in [0.29, 0.717) is 12.1 Å². The number of para-hydroxylation sites is 1. The van der Waals surface area contributed by atoms with Crippen LogP contribution in [0.1, 0.15) is 81.6 Å². The van der Waals surface area contributed by atoms with E-state index in [1.54, 1.807) is 19.1 Å².